The maximum atomic E-state index is 11.8. The molecule has 4 atom stereocenters. The van der Waals surface area contributed by atoms with E-state index in [0.29, 0.717) is 27.6 Å². The molecule has 0 saturated carbocycles. The van der Waals surface area contributed by atoms with Crippen molar-refractivity contribution in [3.05, 3.63) is 72.0 Å². The van der Waals surface area contributed by atoms with Gasteiger partial charge in [-0.1, -0.05) is 54.6 Å². The van der Waals surface area contributed by atoms with Crippen molar-refractivity contribution in [2.75, 3.05) is 25.1 Å². The van der Waals surface area contributed by atoms with Crippen molar-refractivity contribution in [2.45, 2.75) is 30.8 Å². The predicted molar refractivity (Wildman–Crippen MR) is 154 cm³/mol. The van der Waals surface area contributed by atoms with Crippen LogP contribution in [0.3, 0.4) is 0 Å². The van der Waals surface area contributed by atoms with E-state index in [0.717, 1.165) is 16.7 Å². The van der Waals surface area contributed by atoms with Gasteiger partial charge in [0.25, 0.3) is 6.01 Å². The molecular weight excluding hydrogens is 568 g/mol. The largest absolute Gasteiger partial charge is 0.510 e. The van der Waals surface area contributed by atoms with Gasteiger partial charge in [-0.3, -0.25) is 5.32 Å². The smallest absolute Gasteiger partial charge is 0.411 e. The number of imidazole rings is 1. The number of H-pyrrole nitrogens is 1. The van der Waals surface area contributed by atoms with Crippen molar-refractivity contribution in [1.29, 1.82) is 0 Å². The number of fused-ring (bicyclic) bond motifs is 1. The second kappa shape index (κ2) is 12.8. The lowest BCUT2D eigenvalue weighted by molar-refractivity contribution is -0.113. The first kappa shape index (κ1) is 29.3. The summed E-state index contributed by atoms with van der Waals surface area (Å²) < 4.78 is 16.1. The number of benzene rings is 2. The first-order valence-corrected chi connectivity index (χ1v) is 13.4. The first-order valence-electron chi connectivity index (χ1n) is 13.0. The number of aliphatic hydroxyl groups excluding tert-OH is 4. The summed E-state index contributed by atoms with van der Waals surface area (Å²) in [6.07, 6.45) is -3.91. The van der Waals surface area contributed by atoms with Crippen LogP contribution in [0.2, 0.25) is 5.02 Å². The molecule has 220 valence electrons. The van der Waals surface area contributed by atoms with Crippen LogP contribution in [0.25, 0.3) is 33.5 Å². The standard InChI is InChI=1S/C29H29ClN4O8/c1-15(36)26-24(38)10-21(14-40-26)42-28-32-23-11-22(30)25(33-27(23)34-28)18-4-2-16(3-5-18)17-6-8-19(9-7-17)31-29(39)41-13-20(37)12-35/h2-9,11,20-21,24,26,35-38H,1,10,12-14H2,(H,31,39)(H,32,33,34)/t20?,21-,24+,26-/m1/s1. The zero-order valence-electron chi connectivity index (χ0n) is 22.2. The molecule has 4 aromatic rings. The van der Waals surface area contributed by atoms with E-state index in [2.05, 4.69) is 26.8 Å². The average Bonchev–Trinajstić information content (AvgIpc) is 3.36. The maximum Gasteiger partial charge on any atom is 0.411 e. The quantitative estimate of drug-likeness (QED) is 0.156. The Hall–Kier alpha value is -4.20. The van der Waals surface area contributed by atoms with Crippen LogP contribution >= 0.6 is 11.6 Å². The van der Waals surface area contributed by atoms with E-state index in [-0.39, 0.29) is 31.4 Å². The predicted octanol–water partition coefficient (Wildman–Crippen LogP) is 3.82. The van der Waals surface area contributed by atoms with Gasteiger partial charge in [-0.25, -0.2) is 9.78 Å². The highest BCUT2D eigenvalue weighted by atomic mass is 35.5. The Morgan fingerprint density at radius 2 is 1.81 bits per heavy atom. The number of carbonyl (C=O) groups is 1. The van der Waals surface area contributed by atoms with Crippen LogP contribution in [0.15, 0.2) is 66.9 Å². The van der Waals surface area contributed by atoms with Crippen molar-refractivity contribution in [1.82, 2.24) is 15.0 Å². The highest BCUT2D eigenvalue weighted by molar-refractivity contribution is 6.33. The molecule has 3 heterocycles. The second-order valence-corrected chi connectivity index (χ2v) is 10.1. The lowest BCUT2D eigenvalue weighted by atomic mass is 10.0. The molecule has 6 N–H and O–H groups in total. The van der Waals surface area contributed by atoms with Crippen molar-refractivity contribution >= 4 is 34.5 Å². The average molecular weight is 597 g/mol. The number of nitrogens with one attached hydrogen (secondary N) is 2. The molecule has 1 aliphatic rings. The Balaban J connectivity index is 1.24. The van der Waals surface area contributed by atoms with Gasteiger partial charge in [-0.2, -0.15) is 4.98 Å². The third-order valence-electron chi connectivity index (χ3n) is 6.57. The Morgan fingerprint density at radius 1 is 1.14 bits per heavy atom. The van der Waals surface area contributed by atoms with Gasteiger partial charge in [0.05, 0.1) is 35.6 Å². The summed E-state index contributed by atoms with van der Waals surface area (Å²) in [5.41, 5.74) is 4.65. The number of aliphatic hydroxyl groups is 4. The van der Waals surface area contributed by atoms with Gasteiger partial charge in [0, 0.05) is 17.7 Å². The summed E-state index contributed by atoms with van der Waals surface area (Å²) in [5, 5.41) is 40.8. The van der Waals surface area contributed by atoms with Crippen LogP contribution in [0.1, 0.15) is 6.42 Å². The highest BCUT2D eigenvalue weighted by Crippen LogP contribution is 2.32. The van der Waals surface area contributed by atoms with E-state index < -0.39 is 37.1 Å². The van der Waals surface area contributed by atoms with Crippen LogP contribution in [-0.4, -0.2) is 85.7 Å². The number of hydrogen-bond donors (Lipinski definition) is 6. The van der Waals surface area contributed by atoms with Gasteiger partial charge in [-0.15, -0.1) is 0 Å². The summed E-state index contributed by atoms with van der Waals surface area (Å²) >= 11 is 6.56. The molecule has 0 aliphatic carbocycles. The van der Waals surface area contributed by atoms with Gasteiger partial charge >= 0.3 is 6.09 Å². The third-order valence-corrected chi connectivity index (χ3v) is 6.86. The number of halogens is 1. The number of amides is 1. The maximum absolute atomic E-state index is 11.8. The molecule has 2 aromatic carbocycles. The minimum absolute atomic E-state index is 0.145. The third kappa shape index (κ3) is 6.81. The zero-order chi connectivity index (χ0) is 29.8. The Kier molecular flexibility index (Phi) is 8.90. The second-order valence-electron chi connectivity index (χ2n) is 9.73. The van der Waals surface area contributed by atoms with Crippen molar-refractivity contribution in [2.24, 2.45) is 0 Å². The van der Waals surface area contributed by atoms with E-state index in [4.69, 9.17) is 30.9 Å². The van der Waals surface area contributed by atoms with Crippen LogP contribution in [0.5, 0.6) is 6.01 Å². The van der Waals surface area contributed by atoms with Crippen LogP contribution < -0.4 is 10.1 Å². The monoisotopic (exact) mass is 596 g/mol. The Morgan fingerprint density at radius 3 is 2.45 bits per heavy atom. The SMILES string of the molecule is C=C(O)[C@H]1OC[C@H](Oc2nc3nc(-c4ccc(-c5ccc(NC(=O)OCC(O)CO)cc5)cc4)c(Cl)cc3[nH]2)C[C@@H]1O. The fourth-order valence-corrected chi connectivity index (χ4v) is 4.70. The molecule has 2 aromatic heterocycles. The van der Waals surface area contributed by atoms with E-state index in [1.165, 1.54) is 0 Å². The van der Waals surface area contributed by atoms with Gasteiger partial charge in [0.1, 0.15) is 30.7 Å². The van der Waals surface area contributed by atoms with Gasteiger partial charge in [-0.05, 0) is 29.3 Å². The van der Waals surface area contributed by atoms with Gasteiger partial charge in [0.2, 0.25) is 0 Å². The summed E-state index contributed by atoms with van der Waals surface area (Å²) in [6, 6.07) is 16.7. The topological polar surface area (TPSA) is 179 Å². The molecule has 1 saturated heterocycles. The summed E-state index contributed by atoms with van der Waals surface area (Å²) in [5.74, 6) is -0.229. The number of aromatic amines is 1. The van der Waals surface area contributed by atoms with Crippen molar-refractivity contribution < 1.29 is 39.4 Å². The molecule has 12 nitrogen and oxygen atoms in total. The Labute approximate surface area is 245 Å². The molecule has 1 aliphatic heterocycles. The molecule has 42 heavy (non-hydrogen) atoms. The number of pyridine rings is 1. The molecule has 0 bridgehead atoms. The van der Waals surface area contributed by atoms with Crippen molar-refractivity contribution in [3.63, 3.8) is 0 Å². The molecule has 0 radical (unpaired) electrons. The van der Waals surface area contributed by atoms with Crippen LogP contribution in [-0.2, 0) is 9.47 Å². The lowest BCUT2D eigenvalue weighted by Crippen LogP contribution is -2.44. The zero-order valence-corrected chi connectivity index (χ0v) is 23.0. The van der Waals surface area contributed by atoms with Gasteiger partial charge in [0.15, 0.2) is 5.65 Å². The number of nitrogens with zero attached hydrogens (tertiary/aromatic N) is 2. The number of ether oxygens (including phenoxy) is 3. The summed E-state index contributed by atoms with van der Waals surface area (Å²) in [6.45, 7) is 2.76. The van der Waals surface area contributed by atoms with Gasteiger partial charge < -0.3 is 39.6 Å². The fraction of sp³-hybridized carbons (Fsp3) is 0.276. The number of anilines is 1. The Bertz CT molecular complexity index is 1560. The number of aromatic nitrogens is 3. The molecule has 13 heteroatoms. The summed E-state index contributed by atoms with van der Waals surface area (Å²) in [7, 11) is 0. The molecule has 1 unspecified atom stereocenters. The van der Waals surface area contributed by atoms with Crippen LogP contribution in [0.4, 0.5) is 10.5 Å². The highest BCUT2D eigenvalue weighted by Gasteiger charge is 2.33. The van der Waals surface area contributed by atoms with E-state index >= 15 is 0 Å². The van der Waals surface area contributed by atoms with Crippen molar-refractivity contribution in [3.8, 4) is 28.4 Å². The first-order chi connectivity index (χ1) is 20.2. The van der Waals surface area contributed by atoms with Crippen LogP contribution in [0, 0.1) is 0 Å². The molecular formula is C29H29ClN4O8. The van der Waals surface area contributed by atoms with E-state index in [1.807, 2.05) is 36.4 Å². The lowest BCUT2D eigenvalue weighted by Gasteiger charge is -2.32. The number of rotatable bonds is 9. The molecule has 1 amide bonds. The minimum atomic E-state index is -1.12. The molecule has 5 rings (SSSR count). The van der Waals surface area contributed by atoms with E-state index in [9.17, 15) is 20.1 Å². The summed E-state index contributed by atoms with van der Waals surface area (Å²) in [4.78, 5) is 23.9. The normalized spacial score (nSPS) is 19.3. The minimum Gasteiger partial charge on any atom is -0.510 e. The fourth-order valence-electron chi connectivity index (χ4n) is 4.44. The van der Waals surface area contributed by atoms with E-state index in [1.54, 1.807) is 18.2 Å². The number of hydrogen-bond acceptors (Lipinski definition) is 10. The molecule has 0 spiro atoms. The molecule has 1 fully saturated rings. The number of carbonyl (C=O) groups excluding carboxylic acids is 1.